The summed E-state index contributed by atoms with van der Waals surface area (Å²) in [6.07, 6.45) is 0. The number of hydrogen-bond donors (Lipinski definition) is 0. The molecule has 1 heterocycles. The van der Waals surface area contributed by atoms with Crippen LogP contribution in [0.25, 0.3) is 0 Å². The summed E-state index contributed by atoms with van der Waals surface area (Å²) in [6, 6.07) is 8.17. The minimum atomic E-state index is 0.466. The second-order valence-corrected chi connectivity index (χ2v) is 4.89. The van der Waals surface area contributed by atoms with E-state index in [-0.39, 0.29) is 0 Å². The van der Waals surface area contributed by atoms with Gasteiger partial charge in [-0.15, -0.1) is 0 Å². The molecule has 1 aromatic carbocycles. The first-order chi connectivity index (χ1) is 8.45. The third kappa shape index (κ3) is 2.79. The summed E-state index contributed by atoms with van der Waals surface area (Å²) in [5.74, 6) is 1.48. The van der Waals surface area contributed by atoms with E-state index < -0.39 is 0 Å². The van der Waals surface area contributed by atoms with Crippen molar-refractivity contribution in [2.24, 2.45) is 0 Å². The number of halogens is 1. The van der Waals surface area contributed by atoms with Crippen molar-refractivity contribution in [2.75, 3.05) is 11.9 Å². The van der Waals surface area contributed by atoms with E-state index in [0.717, 1.165) is 11.5 Å². The molecule has 0 saturated carbocycles. The van der Waals surface area contributed by atoms with Gasteiger partial charge in [-0.25, -0.2) is 9.97 Å². The molecule has 3 nitrogen and oxygen atoms in total. The number of rotatable bonds is 2. The predicted octanol–water partition coefficient (Wildman–Crippen LogP) is 3.82. The molecule has 0 aliphatic carbocycles. The Kier molecular flexibility index (Phi) is 3.53. The Morgan fingerprint density at radius 1 is 0.944 bits per heavy atom. The predicted molar refractivity (Wildman–Crippen MR) is 75.8 cm³/mol. The zero-order chi connectivity index (χ0) is 13.3. The summed E-state index contributed by atoms with van der Waals surface area (Å²) in [7, 11) is 1.98. The number of hydrogen-bond acceptors (Lipinski definition) is 3. The fourth-order valence-corrected chi connectivity index (χ4v) is 2.18. The fourth-order valence-electron chi connectivity index (χ4n) is 1.96. The average Bonchev–Trinajstić information content (AvgIpc) is 2.25. The van der Waals surface area contributed by atoms with Crippen LogP contribution in [0.15, 0.2) is 24.3 Å². The zero-order valence-corrected chi connectivity index (χ0v) is 11.8. The largest absolute Gasteiger partial charge is 0.329 e. The van der Waals surface area contributed by atoms with Crippen molar-refractivity contribution >= 4 is 23.1 Å². The summed E-state index contributed by atoms with van der Waals surface area (Å²) in [5.41, 5.74) is 3.56. The summed E-state index contributed by atoms with van der Waals surface area (Å²) in [4.78, 5) is 10.5. The molecule has 2 rings (SSSR count). The summed E-state index contributed by atoms with van der Waals surface area (Å²) < 4.78 is 0. The van der Waals surface area contributed by atoms with Gasteiger partial charge >= 0.3 is 0 Å². The number of aryl methyl sites for hydroxylation is 3. The maximum Gasteiger partial charge on any atom is 0.137 e. The highest BCUT2D eigenvalue weighted by Crippen LogP contribution is 2.25. The summed E-state index contributed by atoms with van der Waals surface area (Å²) in [6.45, 7) is 6.01. The lowest BCUT2D eigenvalue weighted by molar-refractivity contribution is 1.01. The van der Waals surface area contributed by atoms with Crippen LogP contribution in [0.2, 0.25) is 5.15 Å². The van der Waals surface area contributed by atoms with Gasteiger partial charge < -0.3 is 4.90 Å². The second kappa shape index (κ2) is 4.94. The third-order valence-corrected chi connectivity index (χ3v) is 2.92. The van der Waals surface area contributed by atoms with Crippen LogP contribution < -0.4 is 4.90 Å². The molecule has 0 saturated heterocycles. The van der Waals surface area contributed by atoms with E-state index in [0.29, 0.717) is 11.0 Å². The van der Waals surface area contributed by atoms with Gasteiger partial charge in [0.1, 0.15) is 16.8 Å². The van der Waals surface area contributed by atoms with Gasteiger partial charge in [-0.05, 0) is 44.0 Å². The van der Waals surface area contributed by atoms with E-state index >= 15 is 0 Å². The molecule has 0 spiro atoms. The molecule has 0 fully saturated rings. The van der Waals surface area contributed by atoms with Crippen LogP contribution in [-0.4, -0.2) is 17.0 Å². The Labute approximate surface area is 112 Å². The minimum Gasteiger partial charge on any atom is -0.329 e. The van der Waals surface area contributed by atoms with Crippen LogP contribution in [0.3, 0.4) is 0 Å². The molecule has 4 heteroatoms. The molecule has 0 amide bonds. The molecule has 0 aliphatic rings. The van der Waals surface area contributed by atoms with E-state index in [1.165, 1.54) is 11.1 Å². The van der Waals surface area contributed by atoms with Crippen molar-refractivity contribution in [3.63, 3.8) is 0 Å². The van der Waals surface area contributed by atoms with E-state index in [9.17, 15) is 0 Å². The first-order valence-corrected chi connectivity index (χ1v) is 6.17. The number of aromatic nitrogens is 2. The second-order valence-electron chi connectivity index (χ2n) is 4.50. The summed E-state index contributed by atoms with van der Waals surface area (Å²) in [5, 5.41) is 0.466. The van der Waals surface area contributed by atoms with Crippen LogP contribution in [-0.2, 0) is 0 Å². The lowest BCUT2D eigenvalue weighted by atomic mass is 10.1. The highest BCUT2D eigenvalue weighted by atomic mass is 35.5. The SMILES string of the molecule is Cc1cc(C)cc(N(C)c2cc(Cl)nc(C)n2)c1. The van der Waals surface area contributed by atoms with E-state index in [2.05, 4.69) is 42.0 Å². The van der Waals surface area contributed by atoms with Gasteiger partial charge in [0.25, 0.3) is 0 Å². The Morgan fingerprint density at radius 2 is 1.56 bits per heavy atom. The Balaban J connectivity index is 2.43. The first kappa shape index (κ1) is 12.8. The van der Waals surface area contributed by atoms with Crippen molar-refractivity contribution in [2.45, 2.75) is 20.8 Å². The van der Waals surface area contributed by atoms with Crippen LogP contribution in [0.4, 0.5) is 11.5 Å². The zero-order valence-electron chi connectivity index (χ0n) is 11.0. The van der Waals surface area contributed by atoms with Gasteiger partial charge in [0.2, 0.25) is 0 Å². The van der Waals surface area contributed by atoms with E-state index in [1.54, 1.807) is 6.07 Å². The van der Waals surface area contributed by atoms with Crippen LogP contribution in [0.5, 0.6) is 0 Å². The van der Waals surface area contributed by atoms with Crippen molar-refractivity contribution < 1.29 is 0 Å². The van der Waals surface area contributed by atoms with Gasteiger partial charge in [0.05, 0.1) is 0 Å². The van der Waals surface area contributed by atoms with E-state index in [4.69, 9.17) is 11.6 Å². The van der Waals surface area contributed by atoms with E-state index in [1.807, 2.05) is 18.9 Å². The van der Waals surface area contributed by atoms with Gasteiger partial charge in [0, 0.05) is 18.8 Å². The Hall–Kier alpha value is -1.61. The van der Waals surface area contributed by atoms with Gasteiger partial charge in [0.15, 0.2) is 0 Å². The maximum absolute atomic E-state index is 5.97. The number of anilines is 2. The molecule has 0 N–H and O–H groups in total. The molecule has 0 unspecified atom stereocenters. The monoisotopic (exact) mass is 261 g/mol. The normalized spacial score (nSPS) is 10.5. The lowest BCUT2D eigenvalue weighted by Gasteiger charge is -2.19. The maximum atomic E-state index is 5.97. The number of nitrogens with zero attached hydrogens (tertiary/aromatic N) is 3. The smallest absolute Gasteiger partial charge is 0.137 e. The lowest BCUT2D eigenvalue weighted by Crippen LogP contribution is -2.12. The van der Waals surface area contributed by atoms with Crippen molar-refractivity contribution in [1.29, 1.82) is 0 Å². The van der Waals surface area contributed by atoms with Gasteiger partial charge in [-0.2, -0.15) is 0 Å². The highest BCUT2D eigenvalue weighted by Gasteiger charge is 2.08. The molecule has 0 bridgehead atoms. The van der Waals surface area contributed by atoms with Crippen molar-refractivity contribution in [1.82, 2.24) is 9.97 Å². The molecule has 0 aliphatic heterocycles. The standard InChI is InChI=1S/C14H16ClN3/c1-9-5-10(2)7-12(6-9)18(4)14-8-13(15)16-11(3)17-14/h5-8H,1-4H3. The average molecular weight is 262 g/mol. The van der Waals surface area contributed by atoms with Crippen LogP contribution in [0, 0.1) is 20.8 Å². The first-order valence-electron chi connectivity index (χ1n) is 5.79. The van der Waals surface area contributed by atoms with Gasteiger partial charge in [-0.3, -0.25) is 0 Å². The summed E-state index contributed by atoms with van der Waals surface area (Å²) >= 11 is 5.97. The minimum absolute atomic E-state index is 0.466. The Morgan fingerprint density at radius 3 is 2.11 bits per heavy atom. The van der Waals surface area contributed by atoms with Gasteiger partial charge in [-0.1, -0.05) is 17.7 Å². The molecule has 18 heavy (non-hydrogen) atoms. The number of benzene rings is 1. The Bertz CT molecular complexity index is 489. The van der Waals surface area contributed by atoms with Crippen molar-refractivity contribution in [3.8, 4) is 0 Å². The highest BCUT2D eigenvalue weighted by molar-refractivity contribution is 6.29. The quantitative estimate of drug-likeness (QED) is 0.770. The topological polar surface area (TPSA) is 29.0 Å². The molecular formula is C14H16ClN3. The molecule has 0 atom stereocenters. The molecule has 2 aromatic rings. The fraction of sp³-hybridized carbons (Fsp3) is 0.286. The molecular weight excluding hydrogens is 246 g/mol. The van der Waals surface area contributed by atoms with Crippen LogP contribution in [0.1, 0.15) is 17.0 Å². The molecule has 0 radical (unpaired) electrons. The third-order valence-electron chi connectivity index (χ3n) is 2.73. The van der Waals surface area contributed by atoms with Crippen molar-refractivity contribution in [3.05, 3.63) is 46.4 Å². The van der Waals surface area contributed by atoms with Crippen LogP contribution >= 0.6 is 11.6 Å². The molecule has 94 valence electrons. The molecule has 1 aromatic heterocycles.